The Morgan fingerprint density at radius 2 is 1.95 bits per heavy atom. The van der Waals surface area contributed by atoms with Crippen molar-refractivity contribution in [1.82, 2.24) is 5.48 Å². The fraction of sp³-hybridized carbons (Fsp3) is 0.133. The molecule has 0 fully saturated rings. The molecule has 20 heavy (non-hydrogen) atoms. The van der Waals surface area contributed by atoms with Crippen LogP contribution in [0.3, 0.4) is 0 Å². The van der Waals surface area contributed by atoms with Crippen LogP contribution < -0.4 is 10.2 Å². The number of phenols is 1. The van der Waals surface area contributed by atoms with E-state index in [1.54, 1.807) is 6.07 Å². The molecule has 0 aliphatic heterocycles. The first-order valence-electron chi connectivity index (χ1n) is 6.04. The van der Waals surface area contributed by atoms with Crippen molar-refractivity contribution >= 4 is 5.91 Å². The Bertz CT molecular complexity index is 584. The SMILES string of the molecule is COc1ccc(O)c(C(=O)NOCc2ccccc2)c1. The average Bonchev–Trinajstić information content (AvgIpc) is 2.48. The Kier molecular flexibility index (Phi) is 4.57. The van der Waals surface area contributed by atoms with E-state index < -0.39 is 5.91 Å². The predicted octanol–water partition coefficient (Wildman–Crippen LogP) is 2.26. The molecular formula is C15H15NO4. The number of nitrogens with one attached hydrogen (secondary N) is 1. The van der Waals surface area contributed by atoms with Crippen molar-refractivity contribution in [3.63, 3.8) is 0 Å². The summed E-state index contributed by atoms with van der Waals surface area (Å²) in [6, 6.07) is 13.8. The Labute approximate surface area is 116 Å². The average molecular weight is 273 g/mol. The van der Waals surface area contributed by atoms with Crippen molar-refractivity contribution in [2.45, 2.75) is 6.61 Å². The molecular weight excluding hydrogens is 258 g/mol. The van der Waals surface area contributed by atoms with Crippen molar-refractivity contribution in [1.29, 1.82) is 0 Å². The minimum Gasteiger partial charge on any atom is -0.507 e. The van der Waals surface area contributed by atoms with Gasteiger partial charge in [0, 0.05) is 0 Å². The van der Waals surface area contributed by atoms with E-state index in [1.807, 2.05) is 30.3 Å². The molecule has 2 rings (SSSR count). The van der Waals surface area contributed by atoms with E-state index in [0.29, 0.717) is 5.75 Å². The van der Waals surface area contributed by atoms with E-state index in [4.69, 9.17) is 9.57 Å². The number of rotatable bonds is 5. The van der Waals surface area contributed by atoms with Gasteiger partial charge in [0.05, 0.1) is 19.3 Å². The molecule has 5 nitrogen and oxygen atoms in total. The molecule has 104 valence electrons. The van der Waals surface area contributed by atoms with Crippen LogP contribution in [0.25, 0.3) is 0 Å². The first-order chi connectivity index (χ1) is 9.70. The van der Waals surface area contributed by atoms with Crippen LogP contribution in [0.15, 0.2) is 48.5 Å². The third-order valence-electron chi connectivity index (χ3n) is 2.69. The number of hydrogen-bond donors (Lipinski definition) is 2. The molecule has 2 aromatic rings. The fourth-order valence-corrected chi connectivity index (χ4v) is 1.64. The smallest absolute Gasteiger partial charge is 0.278 e. The predicted molar refractivity (Wildman–Crippen MR) is 73.4 cm³/mol. The molecule has 0 unspecified atom stereocenters. The van der Waals surface area contributed by atoms with Crippen LogP contribution in [0.5, 0.6) is 11.5 Å². The van der Waals surface area contributed by atoms with Crippen LogP contribution in [0, 0.1) is 0 Å². The van der Waals surface area contributed by atoms with Gasteiger partial charge in [-0.2, -0.15) is 0 Å². The lowest BCUT2D eigenvalue weighted by Gasteiger charge is -2.08. The van der Waals surface area contributed by atoms with Gasteiger partial charge in [-0.1, -0.05) is 30.3 Å². The van der Waals surface area contributed by atoms with Crippen molar-refractivity contribution in [3.8, 4) is 11.5 Å². The Morgan fingerprint density at radius 1 is 1.20 bits per heavy atom. The van der Waals surface area contributed by atoms with Gasteiger partial charge in [-0.25, -0.2) is 5.48 Å². The number of hydrogen-bond acceptors (Lipinski definition) is 4. The molecule has 0 aliphatic carbocycles. The first kappa shape index (κ1) is 13.9. The van der Waals surface area contributed by atoms with Gasteiger partial charge in [0.25, 0.3) is 5.91 Å². The topological polar surface area (TPSA) is 67.8 Å². The highest BCUT2D eigenvalue weighted by Gasteiger charge is 2.12. The van der Waals surface area contributed by atoms with Gasteiger partial charge < -0.3 is 9.84 Å². The molecule has 1 amide bonds. The van der Waals surface area contributed by atoms with Crippen LogP contribution in [-0.2, 0) is 11.4 Å². The molecule has 0 saturated carbocycles. The third-order valence-corrected chi connectivity index (χ3v) is 2.69. The summed E-state index contributed by atoms with van der Waals surface area (Å²) in [4.78, 5) is 17.0. The summed E-state index contributed by atoms with van der Waals surface area (Å²) < 4.78 is 5.00. The van der Waals surface area contributed by atoms with Crippen molar-refractivity contribution in [2.24, 2.45) is 0 Å². The molecule has 0 spiro atoms. The van der Waals surface area contributed by atoms with Gasteiger partial charge in [-0.3, -0.25) is 9.63 Å². The highest BCUT2D eigenvalue weighted by atomic mass is 16.6. The van der Waals surface area contributed by atoms with Crippen molar-refractivity contribution < 1.29 is 19.5 Å². The zero-order chi connectivity index (χ0) is 14.4. The van der Waals surface area contributed by atoms with Gasteiger partial charge >= 0.3 is 0 Å². The number of methoxy groups -OCH3 is 1. The van der Waals surface area contributed by atoms with Gasteiger partial charge in [-0.15, -0.1) is 0 Å². The zero-order valence-corrected chi connectivity index (χ0v) is 11.0. The number of phenolic OH excluding ortho intramolecular Hbond substituents is 1. The summed E-state index contributed by atoms with van der Waals surface area (Å²) in [6.45, 7) is 0.247. The molecule has 0 aromatic heterocycles. The highest BCUT2D eigenvalue weighted by Crippen LogP contribution is 2.22. The molecule has 5 heteroatoms. The fourth-order valence-electron chi connectivity index (χ4n) is 1.64. The van der Waals surface area contributed by atoms with Crippen molar-refractivity contribution in [3.05, 3.63) is 59.7 Å². The maximum Gasteiger partial charge on any atom is 0.278 e. The second kappa shape index (κ2) is 6.58. The van der Waals surface area contributed by atoms with Gasteiger partial charge in [0.2, 0.25) is 0 Å². The summed E-state index contributed by atoms with van der Waals surface area (Å²) in [7, 11) is 1.49. The normalized spacial score (nSPS) is 10.1. The number of benzene rings is 2. The van der Waals surface area contributed by atoms with Gasteiger partial charge in [0.15, 0.2) is 0 Å². The summed E-state index contributed by atoms with van der Waals surface area (Å²) in [5, 5.41) is 9.65. The number of aromatic hydroxyl groups is 1. The van der Waals surface area contributed by atoms with E-state index in [9.17, 15) is 9.90 Å². The Morgan fingerprint density at radius 3 is 2.65 bits per heavy atom. The van der Waals surface area contributed by atoms with Gasteiger partial charge in [-0.05, 0) is 23.8 Å². The number of ether oxygens (including phenoxy) is 1. The van der Waals surface area contributed by atoms with E-state index in [-0.39, 0.29) is 17.9 Å². The molecule has 2 N–H and O–H groups in total. The van der Waals surface area contributed by atoms with Crippen LogP contribution in [0.1, 0.15) is 15.9 Å². The van der Waals surface area contributed by atoms with E-state index in [2.05, 4.69) is 5.48 Å². The molecule has 0 radical (unpaired) electrons. The number of carbonyl (C=O) groups excluding carboxylic acids is 1. The second-order valence-electron chi connectivity index (χ2n) is 4.09. The van der Waals surface area contributed by atoms with E-state index >= 15 is 0 Å². The summed E-state index contributed by atoms with van der Waals surface area (Å²) in [5.74, 6) is -0.181. The van der Waals surface area contributed by atoms with Crippen molar-refractivity contribution in [2.75, 3.05) is 7.11 Å². The lowest BCUT2D eigenvalue weighted by Crippen LogP contribution is -2.23. The molecule has 0 bridgehead atoms. The van der Waals surface area contributed by atoms with Gasteiger partial charge in [0.1, 0.15) is 11.5 Å². The number of hydroxylamine groups is 1. The second-order valence-corrected chi connectivity index (χ2v) is 4.09. The quantitative estimate of drug-likeness (QED) is 0.820. The Balaban J connectivity index is 1.95. The minimum absolute atomic E-state index is 0.0948. The summed E-state index contributed by atoms with van der Waals surface area (Å²) in [6.07, 6.45) is 0. The number of amides is 1. The molecule has 0 aliphatic rings. The minimum atomic E-state index is -0.530. The first-order valence-corrected chi connectivity index (χ1v) is 6.04. The Hall–Kier alpha value is -2.53. The monoisotopic (exact) mass is 273 g/mol. The third kappa shape index (κ3) is 3.49. The molecule has 0 heterocycles. The van der Waals surface area contributed by atoms with Crippen LogP contribution in [0.2, 0.25) is 0 Å². The molecule has 0 atom stereocenters. The van der Waals surface area contributed by atoms with E-state index in [0.717, 1.165) is 5.56 Å². The lowest BCUT2D eigenvalue weighted by atomic mass is 10.2. The maximum atomic E-state index is 11.9. The zero-order valence-electron chi connectivity index (χ0n) is 11.0. The van der Waals surface area contributed by atoms with Crippen LogP contribution >= 0.6 is 0 Å². The largest absolute Gasteiger partial charge is 0.507 e. The standard InChI is InChI=1S/C15H15NO4/c1-19-12-7-8-14(17)13(9-12)15(18)16-20-10-11-5-3-2-4-6-11/h2-9,17H,10H2,1H3,(H,16,18). The number of carbonyl (C=O) groups is 1. The van der Waals surface area contributed by atoms with E-state index in [1.165, 1.54) is 19.2 Å². The summed E-state index contributed by atoms with van der Waals surface area (Å²) in [5.41, 5.74) is 3.31. The van der Waals surface area contributed by atoms with Crippen LogP contribution in [0.4, 0.5) is 0 Å². The lowest BCUT2D eigenvalue weighted by molar-refractivity contribution is 0.0231. The van der Waals surface area contributed by atoms with Crippen LogP contribution in [-0.4, -0.2) is 18.1 Å². The highest BCUT2D eigenvalue weighted by molar-refractivity contribution is 5.96. The maximum absolute atomic E-state index is 11.9. The molecule has 0 saturated heterocycles. The molecule has 2 aromatic carbocycles. The summed E-state index contributed by atoms with van der Waals surface area (Å²) >= 11 is 0.